The van der Waals surface area contributed by atoms with Crippen molar-refractivity contribution >= 4 is 53.4 Å². The molecular weight excluding hydrogens is 490 g/mol. The summed E-state index contributed by atoms with van der Waals surface area (Å²) < 4.78 is 5.33. The average molecular weight is 514 g/mol. The number of halogens is 1. The number of rotatable bonds is 10. The van der Waals surface area contributed by atoms with Crippen LogP contribution in [0.1, 0.15) is 27.2 Å². The zero-order valence-corrected chi connectivity index (χ0v) is 20.8. The van der Waals surface area contributed by atoms with Crippen molar-refractivity contribution in [3.8, 4) is 0 Å². The maximum Gasteiger partial charge on any atom is 0.259 e. The zero-order valence-electron chi connectivity index (χ0n) is 20.0. The van der Waals surface area contributed by atoms with E-state index in [9.17, 15) is 9.59 Å². The van der Waals surface area contributed by atoms with Crippen LogP contribution in [0.15, 0.2) is 95.3 Å². The lowest BCUT2D eigenvalue weighted by Crippen LogP contribution is -2.21. The van der Waals surface area contributed by atoms with Gasteiger partial charge in [0, 0.05) is 24.0 Å². The summed E-state index contributed by atoms with van der Waals surface area (Å²) in [6.07, 6.45) is 7.24. The molecule has 1 N–H and O–H groups in total. The van der Waals surface area contributed by atoms with Gasteiger partial charge in [-0.3, -0.25) is 19.5 Å². The van der Waals surface area contributed by atoms with Gasteiger partial charge >= 0.3 is 0 Å². The number of carbonyl (C=O) groups is 2. The summed E-state index contributed by atoms with van der Waals surface area (Å²) in [7, 11) is 1.85. The topological polar surface area (TPSA) is 91.0 Å². The second-order valence-electron chi connectivity index (χ2n) is 8.00. The summed E-state index contributed by atoms with van der Waals surface area (Å²) in [5.74, 6) is 0.718. The Morgan fingerprint density at radius 2 is 1.92 bits per heavy atom. The quantitative estimate of drug-likeness (QED) is 0.160. The third kappa shape index (κ3) is 6.50. The van der Waals surface area contributed by atoms with Gasteiger partial charge in [-0.25, -0.2) is 4.98 Å². The van der Waals surface area contributed by atoms with Crippen LogP contribution in [0.4, 0.5) is 17.2 Å². The van der Waals surface area contributed by atoms with Crippen LogP contribution in [0.25, 0.3) is 6.08 Å². The molecule has 2 heterocycles. The third-order valence-corrected chi connectivity index (χ3v) is 5.61. The minimum absolute atomic E-state index is 0.222. The molecule has 2 amide bonds. The molecular formula is C28H24ClN5O3. The number of nitrogens with zero attached hydrogens (tertiary/aromatic N) is 4. The van der Waals surface area contributed by atoms with Gasteiger partial charge in [-0.05, 0) is 65.7 Å². The molecule has 0 bridgehead atoms. The fraction of sp³-hybridized carbons (Fsp3) is 0.0714. The molecule has 0 aliphatic carbocycles. The Labute approximate surface area is 219 Å². The van der Waals surface area contributed by atoms with E-state index < -0.39 is 5.91 Å². The van der Waals surface area contributed by atoms with Gasteiger partial charge < -0.3 is 9.73 Å². The molecule has 0 aliphatic heterocycles. The van der Waals surface area contributed by atoms with Gasteiger partial charge in [0.2, 0.25) is 6.41 Å². The van der Waals surface area contributed by atoms with Gasteiger partial charge in [0.25, 0.3) is 5.91 Å². The first-order valence-electron chi connectivity index (χ1n) is 11.3. The van der Waals surface area contributed by atoms with Crippen molar-refractivity contribution in [2.24, 2.45) is 5.10 Å². The number of aromatic nitrogens is 1. The SMILES string of the molecule is C=Cc1ccc(NC(=O)c2cc(Cl)ccc2N(C=O)c2ccc(C=NN(C)Cc3ccco3)cc2)nc1. The highest BCUT2D eigenvalue weighted by atomic mass is 35.5. The van der Waals surface area contributed by atoms with Gasteiger partial charge in [0.15, 0.2) is 0 Å². The van der Waals surface area contributed by atoms with E-state index in [4.69, 9.17) is 16.0 Å². The van der Waals surface area contributed by atoms with E-state index in [1.807, 2.05) is 31.3 Å². The lowest BCUT2D eigenvalue weighted by molar-refractivity contribution is -0.106. The molecule has 0 atom stereocenters. The number of nitrogens with one attached hydrogen (secondary N) is 1. The first kappa shape index (κ1) is 25.4. The molecule has 0 saturated carbocycles. The van der Waals surface area contributed by atoms with Crippen molar-refractivity contribution in [1.82, 2.24) is 9.99 Å². The third-order valence-electron chi connectivity index (χ3n) is 5.37. The highest BCUT2D eigenvalue weighted by Gasteiger charge is 2.19. The molecule has 4 rings (SSSR count). The van der Waals surface area contributed by atoms with Crippen LogP contribution in [0.3, 0.4) is 0 Å². The molecule has 0 unspecified atom stereocenters. The molecule has 0 aliphatic rings. The Morgan fingerprint density at radius 1 is 1.14 bits per heavy atom. The maximum atomic E-state index is 13.1. The largest absolute Gasteiger partial charge is 0.467 e. The van der Waals surface area contributed by atoms with Gasteiger partial charge in [0.1, 0.15) is 11.6 Å². The second-order valence-corrected chi connectivity index (χ2v) is 8.44. The number of carbonyl (C=O) groups excluding carboxylic acids is 2. The lowest BCUT2D eigenvalue weighted by Gasteiger charge is -2.21. The van der Waals surface area contributed by atoms with Crippen LogP contribution >= 0.6 is 11.6 Å². The van der Waals surface area contributed by atoms with E-state index in [0.717, 1.165) is 16.9 Å². The highest BCUT2D eigenvalue weighted by molar-refractivity contribution is 6.31. The highest BCUT2D eigenvalue weighted by Crippen LogP contribution is 2.30. The molecule has 186 valence electrons. The Kier molecular flexibility index (Phi) is 8.12. The summed E-state index contributed by atoms with van der Waals surface area (Å²) >= 11 is 6.18. The standard InChI is InChI=1S/C28H24ClN5O3/c1-3-20-8-13-27(30-16-20)32-28(36)25-15-22(29)9-12-26(25)34(19-35)23-10-6-21(7-11-23)17-31-33(2)18-24-5-4-14-37-24/h3-17,19H,1,18H2,2H3,(H,30,32,36). The molecule has 0 saturated heterocycles. The van der Waals surface area contributed by atoms with Crippen molar-refractivity contribution in [3.63, 3.8) is 0 Å². The van der Waals surface area contributed by atoms with Crippen LogP contribution in [-0.2, 0) is 11.3 Å². The summed E-state index contributed by atoms with van der Waals surface area (Å²) in [6.45, 7) is 4.23. The van der Waals surface area contributed by atoms with Crippen molar-refractivity contribution in [3.05, 3.63) is 113 Å². The number of furan rings is 1. The summed E-state index contributed by atoms with van der Waals surface area (Å²) in [6, 6.07) is 19.1. The Bertz CT molecular complexity index is 1400. The van der Waals surface area contributed by atoms with Crippen LogP contribution in [0.5, 0.6) is 0 Å². The predicted molar refractivity (Wildman–Crippen MR) is 146 cm³/mol. The summed E-state index contributed by atoms with van der Waals surface area (Å²) in [5.41, 5.74) is 2.83. The van der Waals surface area contributed by atoms with E-state index in [2.05, 4.69) is 22.0 Å². The molecule has 9 heteroatoms. The second kappa shape index (κ2) is 11.8. The fourth-order valence-corrected chi connectivity index (χ4v) is 3.67. The minimum Gasteiger partial charge on any atom is -0.467 e. The normalized spacial score (nSPS) is 10.8. The van der Waals surface area contributed by atoms with Crippen LogP contribution < -0.4 is 10.2 Å². The molecule has 0 radical (unpaired) electrons. The van der Waals surface area contributed by atoms with E-state index in [0.29, 0.717) is 35.2 Å². The molecule has 8 nitrogen and oxygen atoms in total. The first-order chi connectivity index (χ1) is 18.0. The van der Waals surface area contributed by atoms with Gasteiger partial charge in [0.05, 0.1) is 30.3 Å². The van der Waals surface area contributed by atoms with E-state index in [1.54, 1.807) is 66.2 Å². The van der Waals surface area contributed by atoms with Crippen LogP contribution in [-0.4, -0.2) is 35.6 Å². The van der Waals surface area contributed by atoms with Gasteiger partial charge in [-0.1, -0.05) is 36.4 Å². The molecule has 2 aromatic heterocycles. The smallest absolute Gasteiger partial charge is 0.259 e. The Balaban J connectivity index is 1.52. The van der Waals surface area contributed by atoms with Crippen molar-refractivity contribution in [2.75, 3.05) is 17.3 Å². The number of pyridine rings is 1. The maximum absolute atomic E-state index is 13.1. The van der Waals surface area contributed by atoms with Gasteiger partial charge in [-0.2, -0.15) is 5.10 Å². The number of benzene rings is 2. The van der Waals surface area contributed by atoms with Gasteiger partial charge in [-0.15, -0.1) is 0 Å². The molecule has 0 spiro atoms. The monoisotopic (exact) mass is 513 g/mol. The van der Waals surface area contributed by atoms with E-state index in [1.165, 1.54) is 11.0 Å². The lowest BCUT2D eigenvalue weighted by atomic mass is 10.1. The molecule has 0 fully saturated rings. The minimum atomic E-state index is -0.452. The van der Waals surface area contributed by atoms with Crippen molar-refractivity contribution in [1.29, 1.82) is 0 Å². The average Bonchev–Trinajstić information content (AvgIpc) is 3.42. The number of hydrogen-bond acceptors (Lipinski definition) is 6. The Hall–Kier alpha value is -4.69. The predicted octanol–water partition coefficient (Wildman–Crippen LogP) is 5.98. The van der Waals surface area contributed by atoms with E-state index in [-0.39, 0.29) is 5.56 Å². The zero-order chi connectivity index (χ0) is 26.2. The number of hydrazone groups is 1. The van der Waals surface area contributed by atoms with Crippen molar-refractivity contribution < 1.29 is 14.0 Å². The molecule has 37 heavy (non-hydrogen) atoms. The van der Waals surface area contributed by atoms with Crippen LogP contribution in [0, 0.1) is 0 Å². The fourth-order valence-electron chi connectivity index (χ4n) is 3.50. The molecule has 2 aromatic carbocycles. The summed E-state index contributed by atoms with van der Waals surface area (Å²) in [5, 5.41) is 9.27. The Morgan fingerprint density at radius 3 is 2.57 bits per heavy atom. The van der Waals surface area contributed by atoms with Crippen LogP contribution in [0.2, 0.25) is 5.02 Å². The van der Waals surface area contributed by atoms with Crippen molar-refractivity contribution in [2.45, 2.75) is 6.54 Å². The number of hydrogen-bond donors (Lipinski definition) is 1. The number of anilines is 3. The summed E-state index contributed by atoms with van der Waals surface area (Å²) in [4.78, 5) is 30.8. The van der Waals surface area contributed by atoms with E-state index >= 15 is 0 Å². The molecule has 4 aromatic rings. The first-order valence-corrected chi connectivity index (χ1v) is 11.7. The number of amides is 2.